The van der Waals surface area contributed by atoms with Crippen molar-refractivity contribution in [2.24, 2.45) is 0 Å². The van der Waals surface area contributed by atoms with Gasteiger partial charge >= 0.3 is 0 Å². The zero-order valence-corrected chi connectivity index (χ0v) is 22.1. The van der Waals surface area contributed by atoms with E-state index in [0.717, 1.165) is 6.42 Å². The highest BCUT2D eigenvalue weighted by Gasteiger charge is 2.16. The van der Waals surface area contributed by atoms with Gasteiger partial charge in [0.15, 0.2) is 0 Å². The third kappa shape index (κ3) is 3.56. The van der Waals surface area contributed by atoms with Crippen LogP contribution in [0.5, 0.6) is 0 Å². The number of hydrogen-bond acceptors (Lipinski definition) is 0. The van der Waals surface area contributed by atoms with Crippen molar-refractivity contribution in [1.29, 1.82) is 0 Å². The first kappa shape index (κ1) is 22.8. The van der Waals surface area contributed by atoms with Gasteiger partial charge < -0.3 is 4.57 Å². The van der Waals surface area contributed by atoms with E-state index < -0.39 is 0 Å². The largest absolute Gasteiger partial charge is 0.309 e. The van der Waals surface area contributed by atoms with Crippen LogP contribution in [0.2, 0.25) is 0 Å². The van der Waals surface area contributed by atoms with E-state index in [9.17, 15) is 0 Å². The Kier molecular flexibility index (Phi) is 5.28. The average Bonchev–Trinajstić information content (AvgIpc) is 3.36. The Hall–Kier alpha value is -5.14. The fourth-order valence-electron chi connectivity index (χ4n) is 6.50. The molecule has 0 saturated carbocycles. The van der Waals surface area contributed by atoms with Crippen LogP contribution in [-0.4, -0.2) is 4.57 Å². The van der Waals surface area contributed by atoms with Gasteiger partial charge in [0.1, 0.15) is 0 Å². The van der Waals surface area contributed by atoms with Crippen molar-refractivity contribution >= 4 is 43.4 Å². The minimum atomic E-state index is 0.912. The predicted octanol–water partition coefficient (Wildman–Crippen LogP) is 10.3. The second-order valence-corrected chi connectivity index (χ2v) is 10.5. The number of aromatic nitrogens is 1. The maximum atomic E-state index is 2.38. The summed E-state index contributed by atoms with van der Waals surface area (Å²) in [6.07, 6.45) is 0.912. The molecule has 0 unspecified atom stereocenters. The van der Waals surface area contributed by atoms with Crippen LogP contribution in [0.3, 0.4) is 0 Å². The molecule has 0 spiro atoms. The molecule has 8 aromatic rings. The van der Waals surface area contributed by atoms with Gasteiger partial charge in [0.2, 0.25) is 0 Å². The molecule has 0 aliphatic heterocycles. The zero-order valence-electron chi connectivity index (χ0n) is 22.1. The fraction of sp³-hybridized carbons (Fsp3) is 0.0256. The summed E-state index contributed by atoms with van der Waals surface area (Å²) in [5, 5.41) is 7.83. The lowest BCUT2D eigenvalue weighted by atomic mass is 9.86. The summed E-state index contributed by atoms with van der Waals surface area (Å²) in [4.78, 5) is 0. The molecule has 8 rings (SSSR count). The van der Waals surface area contributed by atoms with Crippen LogP contribution in [0, 0.1) is 0 Å². The number of para-hydroxylation sites is 2. The van der Waals surface area contributed by atoms with Crippen LogP contribution in [0.1, 0.15) is 11.1 Å². The highest BCUT2D eigenvalue weighted by atomic mass is 15.0. The maximum Gasteiger partial charge on any atom is 0.0541 e. The van der Waals surface area contributed by atoms with E-state index in [-0.39, 0.29) is 0 Å². The number of nitrogens with zero attached hydrogens (tertiary/aromatic N) is 1. The molecular formula is C39H27N. The van der Waals surface area contributed by atoms with Crippen molar-refractivity contribution in [1.82, 2.24) is 4.57 Å². The minimum absolute atomic E-state index is 0.912. The van der Waals surface area contributed by atoms with Gasteiger partial charge in [0.25, 0.3) is 0 Å². The van der Waals surface area contributed by atoms with E-state index in [2.05, 4.69) is 156 Å². The third-order valence-electron chi connectivity index (χ3n) is 8.26. The monoisotopic (exact) mass is 509 g/mol. The van der Waals surface area contributed by atoms with Gasteiger partial charge in [-0.3, -0.25) is 0 Å². The molecule has 1 heterocycles. The smallest absolute Gasteiger partial charge is 0.0541 e. The van der Waals surface area contributed by atoms with Crippen LogP contribution in [0.25, 0.3) is 60.2 Å². The maximum absolute atomic E-state index is 2.38. The lowest BCUT2D eigenvalue weighted by Gasteiger charge is -2.18. The Morgan fingerprint density at radius 1 is 0.375 bits per heavy atom. The summed E-state index contributed by atoms with van der Waals surface area (Å²) in [6, 6.07) is 55.1. The molecule has 0 saturated heterocycles. The Morgan fingerprint density at radius 3 is 1.38 bits per heavy atom. The van der Waals surface area contributed by atoms with Crippen molar-refractivity contribution in [3.8, 4) is 16.8 Å². The normalized spacial score (nSPS) is 11.6. The summed E-state index contributed by atoms with van der Waals surface area (Å²) < 4.78 is 2.38. The fourth-order valence-corrected chi connectivity index (χ4v) is 6.50. The highest BCUT2D eigenvalue weighted by Crippen LogP contribution is 2.41. The number of benzene rings is 7. The lowest BCUT2D eigenvalue weighted by molar-refractivity contribution is 1.18. The summed E-state index contributed by atoms with van der Waals surface area (Å²) in [6.45, 7) is 0. The van der Waals surface area contributed by atoms with Gasteiger partial charge in [-0.05, 0) is 74.5 Å². The summed E-state index contributed by atoms with van der Waals surface area (Å²) in [5.74, 6) is 0. The summed E-state index contributed by atoms with van der Waals surface area (Å²) in [5.41, 5.74) is 8.91. The van der Waals surface area contributed by atoms with Crippen LogP contribution < -0.4 is 0 Å². The van der Waals surface area contributed by atoms with Gasteiger partial charge in [-0.1, -0.05) is 127 Å². The highest BCUT2D eigenvalue weighted by molar-refractivity contribution is 6.15. The second kappa shape index (κ2) is 9.25. The first-order valence-corrected chi connectivity index (χ1v) is 13.9. The molecule has 188 valence electrons. The Balaban J connectivity index is 1.34. The molecule has 7 aromatic carbocycles. The molecule has 40 heavy (non-hydrogen) atoms. The van der Waals surface area contributed by atoms with Crippen LogP contribution >= 0.6 is 0 Å². The molecule has 0 radical (unpaired) electrons. The first-order valence-electron chi connectivity index (χ1n) is 13.9. The molecule has 0 aliphatic rings. The van der Waals surface area contributed by atoms with Gasteiger partial charge in [0.05, 0.1) is 11.0 Å². The molecular weight excluding hydrogens is 482 g/mol. The van der Waals surface area contributed by atoms with Gasteiger partial charge in [0, 0.05) is 16.5 Å². The molecule has 0 N–H and O–H groups in total. The number of rotatable bonds is 4. The quantitative estimate of drug-likeness (QED) is 0.208. The van der Waals surface area contributed by atoms with Gasteiger partial charge in [-0.25, -0.2) is 0 Å². The van der Waals surface area contributed by atoms with Gasteiger partial charge in [-0.2, -0.15) is 0 Å². The van der Waals surface area contributed by atoms with Crippen molar-refractivity contribution in [2.45, 2.75) is 6.42 Å². The van der Waals surface area contributed by atoms with Gasteiger partial charge in [-0.15, -0.1) is 0 Å². The van der Waals surface area contributed by atoms with E-state index in [1.165, 1.54) is 71.3 Å². The Morgan fingerprint density at radius 2 is 0.825 bits per heavy atom. The standard InChI is InChI=1S/C39H27N/c1-2-12-27(13-3-1)26-36-30-14-4-6-18-34(30)39(35-19-7-5-15-31(35)36)28-22-24-29(25-23-28)40-37-20-10-8-16-32(37)33-17-9-11-21-38(33)40/h1-25H,26H2. The number of hydrogen-bond donors (Lipinski definition) is 0. The Bertz CT molecular complexity index is 2060. The topological polar surface area (TPSA) is 4.93 Å². The third-order valence-corrected chi connectivity index (χ3v) is 8.26. The van der Waals surface area contributed by atoms with Crippen molar-refractivity contribution in [3.05, 3.63) is 163 Å². The van der Waals surface area contributed by atoms with Crippen LogP contribution in [0.15, 0.2) is 152 Å². The lowest BCUT2D eigenvalue weighted by Crippen LogP contribution is -1.96. The van der Waals surface area contributed by atoms with E-state index in [4.69, 9.17) is 0 Å². The van der Waals surface area contributed by atoms with E-state index in [1.807, 2.05) is 0 Å². The number of fused-ring (bicyclic) bond motifs is 5. The molecule has 0 atom stereocenters. The SMILES string of the molecule is c1ccc(Cc2c3ccccc3c(-c3ccc(-n4c5ccccc5c5ccccc54)cc3)c3ccccc23)cc1. The van der Waals surface area contributed by atoms with Crippen molar-refractivity contribution < 1.29 is 0 Å². The average molecular weight is 510 g/mol. The molecule has 1 aromatic heterocycles. The Labute approximate surface area is 233 Å². The van der Waals surface area contributed by atoms with Crippen molar-refractivity contribution in [2.75, 3.05) is 0 Å². The van der Waals surface area contributed by atoms with Crippen molar-refractivity contribution in [3.63, 3.8) is 0 Å². The minimum Gasteiger partial charge on any atom is -0.309 e. The zero-order chi connectivity index (χ0) is 26.5. The second-order valence-electron chi connectivity index (χ2n) is 10.5. The molecule has 1 heteroatoms. The predicted molar refractivity (Wildman–Crippen MR) is 170 cm³/mol. The molecule has 0 bridgehead atoms. The van der Waals surface area contributed by atoms with E-state index in [1.54, 1.807) is 0 Å². The molecule has 1 nitrogen and oxygen atoms in total. The summed E-state index contributed by atoms with van der Waals surface area (Å²) >= 11 is 0. The first-order chi connectivity index (χ1) is 19.9. The molecule has 0 amide bonds. The van der Waals surface area contributed by atoms with E-state index in [0.29, 0.717) is 0 Å². The molecule has 0 fully saturated rings. The van der Waals surface area contributed by atoms with Crippen LogP contribution in [-0.2, 0) is 6.42 Å². The summed E-state index contributed by atoms with van der Waals surface area (Å²) in [7, 11) is 0. The van der Waals surface area contributed by atoms with Crippen LogP contribution in [0.4, 0.5) is 0 Å². The molecule has 0 aliphatic carbocycles. The van der Waals surface area contributed by atoms with E-state index >= 15 is 0 Å².